The first-order chi connectivity index (χ1) is 29.8. The van der Waals surface area contributed by atoms with Crippen molar-refractivity contribution in [3.8, 4) is 0 Å². The summed E-state index contributed by atoms with van der Waals surface area (Å²) in [7, 11) is 0. The van der Waals surface area contributed by atoms with Crippen LogP contribution in [-0.4, -0.2) is 125 Å². The quantitative estimate of drug-likeness (QED) is 0.152. The fourth-order valence-electron chi connectivity index (χ4n) is 10.5. The Bertz CT molecular complexity index is 2140. The third-order valence-corrected chi connectivity index (χ3v) is 13.9. The molecule has 17 nitrogen and oxygen atoms in total. The van der Waals surface area contributed by atoms with E-state index in [1.807, 2.05) is 0 Å². The molecule has 4 fully saturated rings. The predicted octanol–water partition coefficient (Wildman–Crippen LogP) is 3.21. The highest BCUT2D eigenvalue weighted by atomic mass is 16.6. The van der Waals surface area contributed by atoms with Gasteiger partial charge in [-0.25, -0.2) is 14.4 Å². The smallest absolute Gasteiger partial charge is 0.408 e. The summed E-state index contributed by atoms with van der Waals surface area (Å²) >= 11 is 0. The van der Waals surface area contributed by atoms with Crippen LogP contribution in [0.3, 0.4) is 0 Å². The first-order valence-corrected chi connectivity index (χ1v) is 21.1. The number of carbonyl (C=O) groups is 6. The number of aliphatic hydroxyl groups excluding tert-OH is 2. The van der Waals surface area contributed by atoms with Gasteiger partial charge < -0.3 is 53.8 Å². The first-order valence-electron chi connectivity index (χ1n) is 21.1. The molecule has 3 aliphatic carbocycles. The third-order valence-electron chi connectivity index (χ3n) is 13.9. The summed E-state index contributed by atoms with van der Waals surface area (Å²) < 4.78 is 41.2. The molecule has 17 heteroatoms. The molecule has 1 amide bonds. The number of aliphatic hydroxyl groups is 3. The van der Waals surface area contributed by atoms with E-state index in [-0.39, 0.29) is 29.7 Å². The van der Waals surface area contributed by atoms with Crippen molar-refractivity contribution in [3.63, 3.8) is 0 Å². The fraction of sp³-hybridized carbons (Fsp3) is 0.565. The van der Waals surface area contributed by atoms with Gasteiger partial charge in [-0.2, -0.15) is 0 Å². The highest BCUT2D eigenvalue weighted by molar-refractivity contribution is 5.95. The summed E-state index contributed by atoms with van der Waals surface area (Å²) in [4.78, 5) is 83.3. The lowest BCUT2D eigenvalue weighted by atomic mass is 9.44. The van der Waals surface area contributed by atoms with Gasteiger partial charge in [-0.3, -0.25) is 14.4 Å². The molecule has 0 radical (unpaired) electrons. The molecule has 2 aromatic carbocycles. The molecule has 5 unspecified atom stereocenters. The largest absolute Gasteiger partial charge is 0.456 e. The number of fused-ring (bicyclic) bond motifs is 5. The van der Waals surface area contributed by atoms with Crippen molar-refractivity contribution in [3.05, 3.63) is 82.9 Å². The van der Waals surface area contributed by atoms with Gasteiger partial charge in [-0.1, -0.05) is 62.4 Å². The number of hydrogen-bond donors (Lipinski definition) is 4. The Kier molecular flexibility index (Phi) is 12.7. The van der Waals surface area contributed by atoms with Crippen LogP contribution in [0.4, 0.5) is 4.79 Å². The third kappa shape index (κ3) is 8.02. The van der Waals surface area contributed by atoms with Gasteiger partial charge in [0.25, 0.3) is 0 Å². The number of rotatable bonds is 10. The molecule has 0 spiro atoms. The molecule has 2 bridgehead atoms. The van der Waals surface area contributed by atoms with E-state index in [2.05, 4.69) is 5.32 Å². The van der Waals surface area contributed by atoms with Gasteiger partial charge in [0, 0.05) is 44.9 Å². The Hall–Kier alpha value is -5.20. The normalized spacial score (nSPS) is 33.3. The van der Waals surface area contributed by atoms with E-state index in [4.69, 9.17) is 33.2 Å². The van der Waals surface area contributed by atoms with Crippen LogP contribution in [0.1, 0.15) is 89.2 Å². The maximum atomic E-state index is 15.5. The SMILES string of the molecule is CC(=O)O[C@H]1C(=O)[C@@]2(C)C(C(OC(=O)c3ccccc3)[C@]3(O)CC(OC(=O)C(O)[C@@H](NC(=O)OC4CCOCC4)c4ccccc4)C(C)=C1C3(C)C)[C@]1(OC(C)=O)COC1C[C@@H]2O. The van der Waals surface area contributed by atoms with Crippen LogP contribution in [0.15, 0.2) is 71.8 Å². The van der Waals surface area contributed by atoms with Gasteiger partial charge in [0.05, 0.1) is 48.9 Å². The van der Waals surface area contributed by atoms with Gasteiger partial charge in [-0.05, 0) is 42.7 Å². The number of Topliss-reactive ketones (excluding diaryl/α,β-unsaturated/α-hetero) is 1. The molecule has 4 N–H and O–H groups in total. The Balaban J connectivity index is 1.35. The molecule has 2 saturated heterocycles. The van der Waals surface area contributed by atoms with Gasteiger partial charge >= 0.3 is 30.0 Å². The molecule has 340 valence electrons. The molecule has 2 aliphatic heterocycles. The number of benzene rings is 2. The Morgan fingerprint density at radius 3 is 2.10 bits per heavy atom. The predicted molar refractivity (Wildman–Crippen MR) is 217 cm³/mol. The fourth-order valence-corrected chi connectivity index (χ4v) is 10.5. The van der Waals surface area contributed by atoms with Gasteiger partial charge in [0.1, 0.15) is 30.0 Å². The summed E-state index contributed by atoms with van der Waals surface area (Å²) in [6.07, 6.45) is -11.1. The Morgan fingerprint density at radius 2 is 1.51 bits per heavy atom. The summed E-state index contributed by atoms with van der Waals surface area (Å²) in [5, 5.41) is 40.1. The van der Waals surface area contributed by atoms with E-state index < -0.39 is 119 Å². The molecular formula is C46H55NO16. The van der Waals surface area contributed by atoms with E-state index in [0.29, 0.717) is 31.6 Å². The number of alkyl carbamates (subject to hydrolysis) is 1. The first kappa shape index (κ1) is 45.8. The van der Waals surface area contributed by atoms with Gasteiger partial charge in [-0.15, -0.1) is 0 Å². The standard InChI is InChI=1S/C46H55NO16/c1-24-30(61-41(54)35(51)34(27-13-9-7-10-14-27)47-42(55)60-29-17-19-57-20-18-29)22-46(56)39(62-40(53)28-15-11-8-12-16-28)37-44(6,31(50)21-32-45(37,23-58-32)63-26(3)49)38(52)36(59-25(2)48)33(24)43(46,4)5/h7-16,29-32,34-37,39,50-51,56H,17-23H2,1-6H3,(H,47,55)/t30?,31-,32?,34-,35?,36+,37?,39?,44+,45-,46+/m0/s1. The topological polar surface area (TPSA) is 240 Å². The van der Waals surface area contributed by atoms with Crippen LogP contribution in [-0.2, 0) is 52.3 Å². The molecule has 2 aromatic rings. The highest BCUT2D eigenvalue weighted by Crippen LogP contribution is 2.64. The lowest BCUT2D eigenvalue weighted by Gasteiger charge is -2.67. The van der Waals surface area contributed by atoms with E-state index in [1.165, 1.54) is 26.0 Å². The lowest BCUT2D eigenvalue weighted by molar-refractivity contribution is -0.346. The second kappa shape index (κ2) is 17.4. The highest BCUT2D eigenvalue weighted by Gasteiger charge is 2.78. The molecule has 2 saturated carbocycles. The zero-order valence-corrected chi connectivity index (χ0v) is 36.1. The van der Waals surface area contributed by atoms with Crippen LogP contribution in [0, 0.1) is 16.7 Å². The van der Waals surface area contributed by atoms with Crippen LogP contribution >= 0.6 is 0 Å². The van der Waals surface area contributed by atoms with Gasteiger partial charge in [0.15, 0.2) is 23.6 Å². The zero-order valence-electron chi connectivity index (χ0n) is 36.1. The van der Waals surface area contributed by atoms with Crippen molar-refractivity contribution in [1.29, 1.82) is 0 Å². The number of amides is 1. The average molecular weight is 878 g/mol. The molecule has 7 rings (SSSR count). The Morgan fingerprint density at radius 1 is 0.873 bits per heavy atom. The summed E-state index contributed by atoms with van der Waals surface area (Å²) in [6, 6.07) is 14.6. The molecule has 2 heterocycles. The monoisotopic (exact) mass is 877 g/mol. The number of hydrogen-bond acceptors (Lipinski definition) is 16. The van der Waals surface area contributed by atoms with E-state index >= 15 is 4.79 Å². The molecule has 63 heavy (non-hydrogen) atoms. The minimum Gasteiger partial charge on any atom is -0.456 e. The summed E-state index contributed by atoms with van der Waals surface area (Å²) in [5.74, 6) is -6.30. The van der Waals surface area contributed by atoms with Crippen molar-refractivity contribution < 1.29 is 77.2 Å². The molecule has 0 aromatic heterocycles. The molecular weight excluding hydrogens is 822 g/mol. The van der Waals surface area contributed by atoms with Crippen LogP contribution in [0.5, 0.6) is 0 Å². The summed E-state index contributed by atoms with van der Waals surface area (Å²) in [6.45, 7) is 8.73. The van der Waals surface area contributed by atoms with Crippen molar-refractivity contribution in [2.45, 2.75) is 127 Å². The van der Waals surface area contributed by atoms with E-state index in [9.17, 15) is 39.3 Å². The van der Waals surface area contributed by atoms with E-state index in [1.54, 1.807) is 62.4 Å². The average Bonchev–Trinajstić information content (AvgIpc) is 3.24. The second-order valence-corrected chi connectivity index (χ2v) is 17.9. The van der Waals surface area contributed by atoms with Crippen molar-refractivity contribution >= 4 is 35.8 Å². The van der Waals surface area contributed by atoms with Crippen LogP contribution in [0.2, 0.25) is 0 Å². The minimum atomic E-state index is -2.40. The van der Waals surface area contributed by atoms with Crippen molar-refractivity contribution in [2.24, 2.45) is 16.7 Å². The van der Waals surface area contributed by atoms with E-state index in [0.717, 1.165) is 13.8 Å². The number of esters is 4. The van der Waals surface area contributed by atoms with Crippen molar-refractivity contribution in [2.75, 3.05) is 19.8 Å². The van der Waals surface area contributed by atoms with Crippen molar-refractivity contribution in [1.82, 2.24) is 5.32 Å². The number of nitrogens with one attached hydrogen (secondary N) is 1. The number of ether oxygens (including phenoxy) is 7. The maximum Gasteiger partial charge on any atom is 0.408 e. The lowest BCUT2D eigenvalue weighted by Crippen LogP contribution is -2.82. The minimum absolute atomic E-state index is 0.0114. The number of ketones is 1. The zero-order chi connectivity index (χ0) is 45.6. The summed E-state index contributed by atoms with van der Waals surface area (Å²) in [5.41, 5.74) is -7.37. The maximum absolute atomic E-state index is 15.5. The number of carbonyl (C=O) groups excluding carboxylic acids is 6. The molecule has 5 aliphatic rings. The molecule has 11 atom stereocenters. The Labute approximate surface area is 364 Å². The van der Waals surface area contributed by atoms with Gasteiger partial charge in [0.2, 0.25) is 0 Å². The second-order valence-electron chi connectivity index (χ2n) is 17.9. The van der Waals surface area contributed by atoms with Crippen LogP contribution in [0.25, 0.3) is 0 Å². The van der Waals surface area contributed by atoms with Crippen LogP contribution < -0.4 is 5.32 Å².